The zero-order valence-electron chi connectivity index (χ0n) is 12.0. The van der Waals surface area contributed by atoms with Gasteiger partial charge in [0.2, 0.25) is 0 Å². The molecule has 0 fully saturated rings. The number of terminal acetylenes is 1. The third-order valence-corrected chi connectivity index (χ3v) is 2.80. The van der Waals surface area contributed by atoms with E-state index in [1.54, 1.807) is 12.3 Å². The molecule has 1 aromatic heterocycles. The number of nitro groups is 1. The van der Waals surface area contributed by atoms with Crippen LogP contribution in [0.4, 0.5) is 0 Å². The molecular formula is C13H16ClN5O3. The minimum Gasteiger partial charge on any atom is -0.464 e. The van der Waals surface area contributed by atoms with Gasteiger partial charge in [-0.15, -0.1) is 6.42 Å². The van der Waals surface area contributed by atoms with Gasteiger partial charge in [0.05, 0.1) is 13.7 Å². The van der Waals surface area contributed by atoms with E-state index in [1.807, 2.05) is 11.0 Å². The first-order chi connectivity index (χ1) is 10.5. The lowest BCUT2D eigenvalue weighted by atomic mass is 10.2. The summed E-state index contributed by atoms with van der Waals surface area (Å²) < 4.78 is 4.75. The van der Waals surface area contributed by atoms with Crippen LogP contribution in [0.5, 0.6) is 0 Å². The lowest BCUT2D eigenvalue weighted by Crippen LogP contribution is -2.36. The van der Waals surface area contributed by atoms with Gasteiger partial charge >= 0.3 is 6.02 Å². The number of hydrogen-bond acceptors (Lipinski definition) is 5. The molecule has 1 aromatic rings. The van der Waals surface area contributed by atoms with Gasteiger partial charge in [0.25, 0.3) is 0 Å². The zero-order valence-corrected chi connectivity index (χ0v) is 12.8. The number of aromatic nitrogens is 1. The fourth-order valence-electron chi connectivity index (χ4n) is 1.64. The molecule has 0 unspecified atom stereocenters. The van der Waals surface area contributed by atoms with E-state index in [0.717, 1.165) is 5.56 Å². The van der Waals surface area contributed by atoms with Crippen molar-refractivity contribution in [3.8, 4) is 12.3 Å². The Balaban J connectivity index is 2.52. The van der Waals surface area contributed by atoms with E-state index in [-0.39, 0.29) is 6.02 Å². The summed E-state index contributed by atoms with van der Waals surface area (Å²) in [5, 5.41) is 15.7. The molecule has 0 atom stereocenters. The number of nitrogens with one attached hydrogen (secondary N) is 1. The summed E-state index contributed by atoms with van der Waals surface area (Å²) in [5.74, 6) is 2.57. The van der Waals surface area contributed by atoms with Crippen LogP contribution in [0.15, 0.2) is 23.4 Å². The molecule has 1 N–H and O–H groups in total. The second-order valence-electron chi connectivity index (χ2n) is 4.18. The first-order valence-corrected chi connectivity index (χ1v) is 6.70. The Bertz CT molecular complexity index is 556. The van der Waals surface area contributed by atoms with Crippen LogP contribution in [0.1, 0.15) is 5.56 Å². The average molecular weight is 326 g/mol. The summed E-state index contributed by atoms with van der Waals surface area (Å²) >= 11 is 5.74. The second-order valence-corrected chi connectivity index (χ2v) is 4.57. The van der Waals surface area contributed by atoms with E-state index in [2.05, 4.69) is 21.3 Å². The number of halogens is 1. The van der Waals surface area contributed by atoms with Crippen molar-refractivity contribution in [1.29, 1.82) is 0 Å². The van der Waals surface area contributed by atoms with Crippen molar-refractivity contribution in [3.05, 3.63) is 39.2 Å². The Labute approximate surface area is 133 Å². The Morgan fingerprint density at radius 2 is 2.45 bits per heavy atom. The first-order valence-electron chi connectivity index (χ1n) is 6.32. The van der Waals surface area contributed by atoms with Crippen molar-refractivity contribution >= 4 is 17.6 Å². The van der Waals surface area contributed by atoms with Crippen LogP contribution in [0.2, 0.25) is 5.15 Å². The third kappa shape index (κ3) is 6.88. The number of amidine groups is 1. The number of methoxy groups -OCH3 is 1. The quantitative estimate of drug-likeness (QED) is 0.200. The highest BCUT2D eigenvalue weighted by atomic mass is 35.5. The Morgan fingerprint density at radius 1 is 1.68 bits per heavy atom. The van der Waals surface area contributed by atoms with Crippen LogP contribution < -0.4 is 5.32 Å². The van der Waals surface area contributed by atoms with Gasteiger partial charge < -0.3 is 10.1 Å². The summed E-state index contributed by atoms with van der Waals surface area (Å²) in [5.41, 5.74) is 0.963. The van der Waals surface area contributed by atoms with Crippen molar-refractivity contribution < 1.29 is 9.77 Å². The summed E-state index contributed by atoms with van der Waals surface area (Å²) in [4.78, 5) is 16.3. The maximum absolute atomic E-state index is 10.3. The molecule has 0 radical (unpaired) electrons. The molecule has 0 aliphatic rings. The number of ether oxygens (including phenoxy) is 1. The molecule has 0 aromatic carbocycles. The van der Waals surface area contributed by atoms with E-state index in [0.29, 0.717) is 31.3 Å². The molecular weight excluding hydrogens is 310 g/mol. The van der Waals surface area contributed by atoms with Crippen molar-refractivity contribution in [1.82, 2.24) is 15.2 Å². The number of pyridine rings is 1. The van der Waals surface area contributed by atoms with Gasteiger partial charge in [-0.05, 0) is 11.6 Å². The molecule has 0 bridgehead atoms. The fraction of sp³-hybridized carbons (Fsp3) is 0.385. The minimum atomic E-state index is -0.829. The highest BCUT2D eigenvalue weighted by molar-refractivity contribution is 6.29. The molecule has 22 heavy (non-hydrogen) atoms. The number of rotatable bonds is 7. The van der Waals surface area contributed by atoms with Crippen LogP contribution >= 0.6 is 11.6 Å². The Kier molecular flexibility index (Phi) is 7.67. The maximum Gasteiger partial charge on any atom is 0.358 e. The predicted octanol–water partition coefficient (Wildman–Crippen LogP) is 0.954. The zero-order chi connectivity index (χ0) is 16.4. The molecule has 0 saturated heterocycles. The summed E-state index contributed by atoms with van der Waals surface area (Å²) in [6, 6.07) is 3.41. The van der Waals surface area contributed by atoms with Crippen molar-refractivity contribution in [2.24, 2.45) is 5.10 Å². The summed E-state index contributed by atoms with van der Waals surface area (Å²) in [6.45, 7) is 1.96. The molecule has 1 rings (SSSR count). The van der Waals surface area contributed by atoms with Crippen molar-refractivity contribution in [3.63, 3.8) is 0 Å². The van der Waals surface area contributed by atoms with Crippen molar-refractivity contribution in [2.45, 2.75) is 6.54 Å². The van der Waals surface area contributed by atoms with Gasteiger partial charge in [-0.25, -0.2) is 15.1 Å². The fourth-order valence-corrected chi connectivity index (χ4v) is 1.76. The molecule has 0 aliphatic heterocycles. The van der Waals surface area contributed by atoms with Crippen LogP contribution in [0, 0.1) is 22.5 Å². The lowest BCUT2D eigenvalue weighted by Gasteiger charge is -2.19. The van der Waals surface area contributed by atoms with Gasteiger partial charge in [-0.3, -0.25) is 4.90 Å². The van der Waals surface area contributed by atoms with Gasteiger partial charge in [0.1, 0.15) is 10.3 Å². The van der Waals surface area contributed by atoms with E-state index in [9.17, 15) is 10.1 Å². The van der Waals surface area contributed by atoms with E-state index >= 15 is 0 Å². The number of nitrogens with zero attached hydrogens (tertiary/aromatic N) is 4. The smallest absolute Gasteiger partial charge is 0.358 e. The van der Waals surface area contributed by atoms with Crippen molar-refractivity contribution in [2.75, 3.05) is 26.7 Å². The van der Waals surface area contributed by atoms with E-state index < -0.39 is 5.03 Å². The molecule has 0 amide bonds. The molecule has 118 valence electrons. The first kappa shape index (κ1) is 17.7. The third-order valence-electron chi connectivity index (χ3n) is 2.58. The minimum absolute atomic E-state index is 0.154. The molecule has 0 saturated carbocycles. The largest absolute Gasteiger partial charge is 0.464 e. The van der Waals surface area contributed by atoms with Crippen LogP contribution in [-0.2, 0) is 11.3 Å². The average Bonchev–Trinajstić information content (AvgIpc) is 2.48. The topological polar surface area (TPSA) is 92.9 Å². The highest BCUT2D eigenvalue weighted by Gasteiger charge is 2.08. The molecule has 9 heteroatoms. The van der Waals surface area contributed by atoms with Crippen LogP contribution in [-0.4, -0.2) is 47.7 Å². The Morgan fingerprint density at radius 3 is 3.00 bits per heavy atom. The lowest BCUT2D eigenvalue weighted by molar-refractivity contribution is -0.486. The van der Waals surface area contributed by atoms with Gasteiger partial charge in [-0.2, -0.15) is 0 Å². The van der Waals surface area contributed by atoms with E-state index in [4.69, 9.17) is 22.8 Å². The van der Waals surface area contributed by atoms with Crippen LogP contribution in [0.3, 0.4) is 0 Å². The number of hydrazone groups is 1. The monoisotopic (exact) mass is 325 g/mol. The second kappa shape index (κ2) is 9.55. The maximum atomic E-state index is 10.3. The summed E-state index contributed by atoms with van der Waals surface area (Å²) in [7, 11) is 1.30. The standard InChI is InChI=1S/C13H16ClN5O3/c1-3-7-18(10-11-4-5-12(14)16-9-11)8-6-15-13(22-2)17-19(20)21/h1,4-5,9H,6-8,10H2,2H3,(H,15,17). The van der Waals surface area contributed by atoms with Gasteiger partial charge in [0, 0.05) is 25.8 Å². The molecule has 8 nitrogen and oxygen atoms in total. The Hall–Kier alpha value is -2.37. The van der Waals surface area contributed by atoms with Gasteiger partial charge in [-0.1, -0.05) is 23.6 Å². The molecule has 0 aliphatic carbocycles. The molecule has 1 heterocycles. The predicted molar refractivity (Wildman–Crippen MR) is 82.8 cm³/mol. The van der Waals surface area contributed by atoms with Crippen LogP contribution in [0.25, 0.3) is 0 Å². The SMILES string of the molecule is C#CCN(CCN/C(=N/[N+](=O)[O-])OC)Cc1ccc(Cl)nc1. The van der Waals surface area contributed by atoms with Gasteiger partial charge in [0.15, 0.2) is 5.03 Å². The number of hydrogen-bond donors (Lipinski definition) is 1. The highest BCUT2D eigenvalue weighted by Crippen LogP contribution is 2.07. The van der Waals surface area contributed by atoms with E-state index in [1.165, 1.54) is 7.11 Å². The summed E-state index contributed by atoms with van der Waals surface area (Å²) in [6.07, 6.45) is 7.02. The molecule has 0 spiro atoms. The normalized spacial score (nSPS) is 11.1.